The number of nitrogens with zero attached hydrogens (tertiary/aromatic N) is 2. The maximum Gasteiger partial charge on any atom is 0.281 e. The van der Waals surface area contributed by atoms with E-state index < -0.39 is 12.1 Å². The van der Waals surface area contributed by atoms with E-state index in [-0.39, 0.29) is 5.75 Å². The fraction of sp³-hybridized carbons (Fsp3) is 0.0952. The van der Waals surface area contributed by atoms with Gasteiger partial charge in [0.2, 0.25) is 0 Å². The van der Waals surface area contributed by atoms with Crippen molar-refractivity contribution in [3.8, 4) is 5.75 Å². The molecule has 0 saturated carbocycles. The zero-order valence-electron chi connectivity index (χ0n) is 14.0. The summed E-state index contributed by atoms with van der Waals surface area (Å²) >= 11 is 0. The van der Waals surface area contributed by atoms with Gasteiger partial charge in [-0.3, -0.25) is 10.0 Å². The van der Waals surface area contributed by atoms with Gasteiger partial charge in [0, 0.05) is 12.1 Å². The van der Waals surface area contributed by atoms with Crippen molar-refractivity contribution in [1.29, 1.82) is 0 Å². The Morgan fingerprint density at radius 1 is 0.846 bits per heavy atom. The van der Waals surface area contributed by atoms with Gasteiger partial charge in [-0.05, 0) is 23.8 Å². The third kappa shape index (κ3) is 2.68. The largest absolute Gasteiger partial charge is 0.508 e. The van der Waals surface area contributed by atoms with Crippen LogP contribution in [0.2, 0.25) is 0 Å². The number of hydrogen-bond acceptors (Lipinski definition) is 4. The van der Waals surface area contributed by atoms with Crippen molar-refractivity contribution < 1.29 is 15.1 Å². The Labute approximate surface area is 151 Å². The fourth-order valence-corrected chi connectivity index (χ4v) is 3.36. The van der Waals surface area contributed by atoms with Gasteiger partial charge in [-0.25, -0.2) is 0 Å². The number of carbonyl (C=O) groups is 1. The molecule has 0 aliphatic carbocycles. The lowest BCUT2D eigenvalue weighted by atomic mass is 10.0. The SMILES string of the molecule is O=C1c2ccccc2N(Cc2ccccc2)C(c2ccccc2O)N1O. The van der Waals surface area contributed by atoms with Gasteiger partial charge >= 0.3 is 0 Å². The summed E-state index contributed by atoms with van der Waals surface area (Å²) in [6.07, 6.45) is -0.821. The highest BCUT2D eigenvalue weighted by Gasteiger charge is 2.39. The molecule has 1 aliphatic heterocycles. The number of benzene rings is 3. The molecule has 1 heterocycles. The average Bonchev–Trinajstić information content (AvgIpc) is 2.68. The molecule has 4 rings (SSSR count). The molecule has 130 valence electrons. The summed E-state index contributed by atoms with van der Waals surface area (Å²) in [4.78, 5) is 14.6. The molecule has 2 N–H and O–H groups in total. The van der Waals surface area contributed by atoms with Gasteiger partial charge in [-0.2, -0.15) is 5.06 Å². The summed E-state index contributed by atoms with van der Waals surface area (Å²) in [5, 5.41) is 21.7. The lowest BCUT2D eigenvalue weighted by Gasteiger charge is -2.42. The Bertz CT molecular complexity index is 943. The highest BCUT2D eigenvalue weighted by molar-refractivity contribution is 6.01. The first-order valence-corrected chi connectivity index (χ1v) is 8.37. The van der Waals surface area contributed by atoms with Crippen molar-refractivity contribution in [2.75, 3.05) is 4.90 Å². The third-order valence-corrected chi connectivity index (χ3v) is 4.59. The third-order valence-electron chi connectivity index (χ3n) is 4.59. The lowest BCUT2D eigenvalue weighted by molar-refractivity contribution is -0.0945. The second kappa shape index (κ2) is 6.54. The number of rotatable bonds is 3. The van der Waals surface area contributed by atoms with Crippen LogP contribution in [0.5, 0.6) is 5.75 Å². The van der Waals surface area contributed by atoms with Crippen LogP contribution in [0.15, 0.2) is 78.9 Å². The first kappa shape index (κ1) is 16.2. The summed E-state index contributed by atoms with van der Waals surface area (Å²) in [6.45, 7) is 0.473. The Morgan fingerprint density at radius 3 is 2.27 bits per heavy atom. The molecule has 0 saturated heterocycles. The molecule has 3 aromatic rings. The van der Waals surface area contributed by atoms with E-state index in [1.54, 1.807) is 36.4 Å². The van der Waals surface area contributed by atoms with Crippen molar-refractivity contribution in [3.63, 3.8) is 0 Å². The maximum atomic E-state index is 12.7. The van der Waals surface area contributed by atoms with E-state index >= 15 is 0 Å². The van der Waals surface area contributed by atoms with Gasteiger partial charge in [0.05, 0.1) is 11.3 Å². The molecule has 0 bridgehead atoms. The standard InChI is InChI=1S/C21H18N2O3/c24-19-13-7-5-11-17(19)20-22(14-15-8-2-1-3-9-15)18-12-6-4-10-16(18)21(25)23(20)26/h1-13,20,24,26H,14H2. The molecule has 26 heavy (non-hydrogen) atoms. The highest BCUT2D eigenvalue weighted by atomic mass is 16.5. The molecule has 1 aliphatic rings. The van der Waals surface area contributed by atoms with Gasteiger partial charge < -0.3 is 10.0 Å². The van der Waals surface area contributed by atoms with Crippen LogP contribution in [0.4, 0.5) is 5.69 Å². The average molecular weight is 346 g/mol. The molecule has 0 radical (unpaired) electrons. The Balaban J connectivity index is 1.87. The first-order chi connectivity index (χ1) is 12.7. The molecule has 3 aromatic carbocycles. The van der Waals surface area contributed by atoms with E-state index in [2.05, 4.69) is 0 Å². The maximum absolute atomic E-state index is 12.7. The second-order valence-electron chi connectivity index (χ2n) is 6.21. The molecule has 1 atom stereocenters. The van der Waals surface area contributed by atoms with Crippen molar-refractivity contribution in [2.45, 2.75) is 12.7 Å². The van der Waals surface area contributed by atoms with Gasteiger partial charge in [0.1, 0.15) is 5.75 Å². The minimum Gasteiger partial charge on any atom is -0.508 e. The normalized spacial score (nSPS) is 16.5. The number of phenols is 1. The second-order valence-corrected chi connectivity index (χ2v) is 6.21. The number of anilines is 1. The quantitative estimate of drug-likeness (QED) is 0.705. The molecule has 5 nitrogen and oxygen atoms in total. The van der Waals surface area contributed by atoms with Crippen molar-refractivity contribution >= 4 is 11.6 Å². The first-order valence-electron chi connectivity index (χ1n) is 8.37. The van der Waals surface area contributed by atoms with Crippen molar-refractivity contribution in [3.05, 3.63) is 95.6 Å². The van der Waals surface area contributed by atoms with Crippen LogP contribution < -0.4 is 4.90 Å². The number of hydroxylamine groups is 2. The highest BCUT2D eigenvalue weighted by Crippen LogP contribution is 2.41. The molecule has 0 spiro atoms. The summed E-state index contributed by atoms with van der Waals surface area (Å²) < 4.78 is 0. The van der Waals surface area contributed by atoms with Crippen LogP contribution in [0, 0.1) is 0 Å². The van der Waals surface area contributed by atoms with E-state index in [1.165, 1.54) is 0 Å². The van der Waals surface area contributed by atoms with Crippen molar-refractivity contribution in [2.24, 2.45) is 0 Å². The number of aromatic hydroxyl groups is 1. The molecule has 5 heteroatoms. The predicted molar refractivity (Wildman–Crippen MR) is 97.9 cm³/mol. The van der Waals surface area contributed by atoms with Crippen LogP contribution in [-0.4, -0.2) is 21.3 Å². The van der Waals surface area contributed by atoms with E-state index in [9.17, 15) is 15.1 Å². The zero-order chi connectivity index (χ0) is 18.1. The minimum absolute atomic E-state index is 0.0294. The molecule has 0 fully saturated rings. The van der Waals surface area contributed by atoms with Crippen LogP contribution in [0.3, 0.4) is 0 Å². The number of fused-ring (bicyclic) bond motifs is 1. The summed E-state index contributed by atoms with van der Waals surface area (Å²) in [7, 11) is 0. The Kier molecular flexibility index (Phi) is 4.07. The molecular formula is C21H18N2O3. The molecule has 1 unspecified atom stereocenters. The number of hydrogen-bond donors (Lipinski definition) is 2. The smallest absolute Gasteiger partial charge is 0.281 e. The van der Waals surface area contributed by atoms with Gasteiger partial charge in [-0.1, -0.05) is 60.7 Å². The summed E-state index contributed by atoms with van der Waals surface area (Å²) in [5.74, 6) is -0.458. The molecular weight excluding hydrogens is 328 g/mol. The minimum atomic E-state index is -0.821. The summed E-state index contributed by atoms with van der Waals surface area (Å²) in [6, 6.07) is 23.7. The van der Waals surface area contributed by atoms with Crippen LogP contribution >= 0.6 is 0 Å². The number of phenolic OH excluding ortho intramolecular Hbond substituents is 1. The van der Waals surface area contributed by atoms with E-state index in [0.717, 1.165) is 11.3 Å². The molecule has 0 aromatic heterocycles. The topological polar surface area (TPSA) is 64.0 Å². The zero-order valence-corrected chi connectivity index (χ0v) is 14.0. The monoisotopic (exact) mass is 346 g/mol. The summed E-state index contributed by atoms with van der Waals surface area (Å²) in [5.41, 5.74) is 2.65. The van der Waals surface area contributed by atoms with Crippen molar-refractivity contribution in [1.82, 2.24) is 5.06 Å². The Hall–Kier alpha value is -3.31. The van der Waals surface area contributed by atoms with Crippen LogP contribution in [0.1, 0.15) is 27.7 Å². The lowest BCUT2D eigenvalue weighted by Crippen LogP contribution is -2.47. The fourth-order valence-electron chi connectivity index (χ4n) is 3.36. The van der Waals surface area contributed by atoms with Gasteiger partial charge in [-0.15, -0.1) is 0 Å². The van der Waals surface area contributed by atoms with Gasteiger partial charge in [0.25, 0.3) is 5.91 Å². The van der Waals surface area contributed by atoms with Gasteiger partial charge in [0.15, 0.2) is 6.17 Å². The van der Waals surface area contributed by atoms with Crippen LogP contribution in [-0.2, 0) is 6.54 Å². The van der Waals surface area contributed by atoms with E-state index in [4.69, 9.17) is 0 Å². The van der Waals surface area contributed by atoms with E-state index in [0.29, 0.717) is 22.7 Å². The molecule has 1 amide bonds. The number of amides is 1. The van der Waals surface area contributed by atoms with Crippen LogP contribution in [0.25, 0.3) is 0 Å². The predicted octanol–water partition coefficient (Wildman–Crippen LogP) is 3.94. The van der Waals surface area contributed by atoms with E-state index in [1.807, 2.05) is 47.4 Å². The Morgan fingerprint density at radius 2 is 1.50 bits per heavy atom. The number of carbonyl (C=O) groups excluding carboxylic acids is 1. The number of para-hydroxylation sites is 2.